The van der Waals surface area contributed by atoms with Crippen LogP contribution in [-0.4, -0.2) is 5.11 Å². The first kappa shape index (κ1) is 16.2. The molecule has 130 valence electrons. The van der Waals surface area contributed by atoms with Crippen LogP contribution in [0.3, 0.4) is 0 Å². The second-order valence-corrected chi connectivity index (χ2v) is 8.75. The molecule has 0 amide bonds. The lowest BCUT2D eigenvalue weighted by Crippen LogP contribution is -2.42. The summed E-state index contributed by atoms with van der Waals surface area (Å²) in [5.41, 5.74) is 4.56. The molecule has 0 radical (unpaired) electrons. The van der Waals surface area contributed by atoms with Crippen molar-refractivity contribution in [2.75, 3.05) is 0 Å². The number of hydrogen-bond donors (Lipinski definition) is 1. The van der Waals surface area contributed by atoms with Gasteiger partial charge in [-0.2, -0.15) is 0 Å². The SMILES string of the molecule is C/C=C\c1cc2c(cc1O)CC[C@@H]1[C@@H]2CC[C@]2(C)[C@@H](CC)CC[C@@H]12. The molecular weight excluding hydrogens is 292 g/mol. The van der Waals surface area contributed by atoms with E-state index in [1.165, 1.54) is 44.1 Å². The smallest absolute Gasteiger partial charge is 0.123 e. The van der Waals surface area contributed by atoms with Gasteiger partial charge in [0.2, 0.25) is 0 Å². The zero-order valence-electron chi connectivity index (χ0n) is 15.5. The van der Waals surface area contributed by atoms with E-state index in [1.807, 2.05) is 13.0 Å². The summed E-state index contributed by atoms with van der Waals surface area (Å²) in [6.45, 7) is 7.02. The van der Waals surface area contributed by atoms with E-state index in [9.17, 15) is 5.11 Å². The molecule has 0 saturated heterocycles. The summed E-state index contributed by atoms with van der Waals surface area (Å²) in [5.74, 6) is 3.93. The Morgan fingerprint density at radius 2 is 2.04 bits per heavy atom. The highest BCUT2D eigenvalue weighted by Crippen LogP contribution is 2.63. The van der Waals surface area contributed by atoms with Crippen molar-refractivity contribution in [3.63, 3.8) is 0 Å². The molecule has 24 heavy (non-hydrogen) atoms. The Morgan fingerprint density at radius 3 is 2.79 bits per heavy atom. The first-order chi connectivity index (χ1) is 11.6. The van der Waals surface area contributed by atoms with Crippen LogP contribution in [-0.2, 0) is 6.42 Å². The number of rotatable bonds is 2. The van der Waals surface area contributed by atoms with Crippen LogP contribution in [0, 0.1) is 23.2 Å². The van der Waals surface area contributed by atoms with Crippen molar-refractivity contribution < 1.29 is 5.11 Å². The summed E-state index contributed by atoms with van der Waals surface area (Å²) in [6, 6.07) is 4.36. The fourth-order valence-electron chi connectivity index (χ4n) is 6.72. The maximum absolute atomic E-state index is 10.3. The van der Waals surface area contributed by atoms with Gasteiger partial charge in [0.05, 0.1) is 0 Å². The molecule has 3 aliphatic rings. The standard InChI is InChI=1S/C23H32O/c1-4-6-16-13-20-15(14-22(16)24)7-9-19-18(20)11-12-23(3)17(5-2)8-10-21(19)23/h4,6,13-14,17-19,21,24H,5,7-12H2,1-3H3/b6-4-/t17-,18-,19+,21-,23+/m0/s1. The number of phenols is 1. The predicted molar refractivity (Wildman–Crippen MR) is 101 cm³/mol. The Kier molecular flexibility index (Phi) is 4.01. The predicted octanol–water partition coefficient (Wildman–Crippen LogP) is 6.31. The minimum Gasteiger partial charge on any atom is -0.507 e. The van der Waals surface area contributed by atoms with Gasteiger partial charge in [0.15, 0.2) is 0 Å². The molecule has 1 N–H and O–H groups in total. The van der Waals surface area contributed by atoms with Gasteiger partial charge in [-0.15, -0.1) is 0 Å². The highest BCUT2D eigenvalue weighted by Gasteiger charge is 2.53. The third-order valence-corrected chi connectivity index (χ3v) is 7.91. The molecule has 3 aliphatic carbocycles. The van der Waals surface area contributed by atoms with E-state index in [2.05, 4.69) is 32.1 Å². The van der Waals surface area contributed by atoms with Crippen molar-refractivity contribution in [2.24, 2.45) is 23.2 Å². The van der Waals surface area contributed by atoms with Gasteiger partial charge in [0, 0.05) is 5.56 Å². The number of aromatic hydroxyl groups is 1. The van der Waals surface area contributed by atoms with E-state index >= 15 is 0 Å². The van der Waals surface area contributed by atoms with E-state index in [4.69, 9.17) is 0 Å². The van der Waals surface area contributed by atoms with Crippen LogP contribution in [0.5, 0.6) is 5.75 Å². The van der Waals surface area contributed by atoms with Gasteiger partial charge in [-0.05, 0) is 97.8 Å². The lowest BCUT2D eigenvalue weighted by atomic mass is 9.54. The van der Waals surface area contributed by atoms with Gasteiger partial charge < -0.3 is 5.11 Å². The molecule has 2 fully saturated rings. The molecule has 0 bridgehead atoms. The van der Waals surface area contributed by atoms with E-state index in [0.717, 1.165) is 35.7 Å². The lowest BCUT2D eigenvalue weighted by molar-refractivity contribution is 0.0273. The number of fused-ring (bicyclic) bond motifs is 5. The summed E-state index contributed by atoms with van der Waals surface area (Å²) in [4.78, 5) is 0. The van der Waals surface area contributed by atoms with Crippen molar-refractivity contribution in [3.8, 4) is 5.75 Å². The number of benzene rings is 1. The molecule has 1 aromatic carbocycles. The zero-order chi connectivity index (χ0) is 16.9. The number of allylic oxidation sites excluding steroid dienone is 1. The largest absolute Gasteiger partial charge is 0.507 e. The average Bonchev–Trinajstić information content (AvgIpc) is 2.92. The van der Waals surface area contributed by atoms with Crippen LogP contribution < -0.4 is 0 Å². The van der Waals surface area contributed by atoms with Crippen molar-refractivity contribution in [2.45, 2.75) is 71.6 Å². The Morgan fingerprint density at radius 1 is 1.21 bits per heavy atom. The molecule has 0 aromatic heterocycles. The van der Waals surface area contributed by atoms with Crippen LogP contribution in [0.4, 0.5) is 0 Å². The summed E-state index contributed by atoms with van der Waals surface area (Å²) < 4.78 is 0. The van der Waals surface area contributed by atoms with Crippen molar-refractivity contribution in [1.29, 1.82) is 0 Å². The van der Waals surface area contributed by atoms with Crippen LogP contribution in [0.15, 0.2) is 18.2 Å². The van der Waals surface area contributed by atoms with Crippen LogP contribution in [0.25, 0.3) is 6.08 Å². The summed E-state index contributed by atoms with van der Waals surface area (Å²) in [7, 11) is 0. The second-order valence-electron chi connectivity index (χ2n) is 8.75. The van der Waals surface area contributed by atoms with E-state index in [1.54, 1.807) is 5.56 Å². The molecule has 0 spiro atoms. The van der Waals surface area contributed by atoms with E-state index in [-0.39, 0.29) is 0 Å². The average molecular weight is 325 g/mol. The van der Waals surface area contributed by atoms with E-state index < -0.39 is 0 Å². The normalized spacial score (nSPS) is 38.0. The van der Waals surface area contributed by atoms with E-state index in [0.29, 0.717) is 11.2 Å². The zero-order valence-corrected chi connectivity index (χ0v) is 15.5. The topological polar surface area (TPSA) is 20.2 Å². The number of aryl methyl sites for hydroxylation is 1. The van der Waals surface area contributed by atoms with Crippen molar-refractivity contribution >= 4 is 6.08 Å². The summed E-state index contributed by atoms with van der Waals surface area (Å²) in [5, 5.41) is 10.3. The highest BCUT2D eigenvalue weighted by molar-refractivity contribution is 5.60. The van der Waals surface area contributed by atoms with Crippen LogP contribution in [0.1, 0.15) is 81.9 Å². The first-order valence-corrected chi connectivity index (χ1v) is 10.1. The van der Waals surface area contributed by atoms with Gasteiger partial charge in [-0.3, -0.25) is 0 Å². The molecule has 1 heteroatoms. The highest BCUT2D eigenvalue weighted by atomic mass is 16.3. The molecule has 4 rings (SSSR count). The maximum Gasteiger partial charge on any atom is 0.123 e. The molecule has 5 atom stereocenters. The fraction of sp³-hybridized carbons (Fsp3) is 0.652. The van der Waals surface area contributed by atoms with Gasteiger partial charge >= 0.3 is 0 Å². The minimum absolute atomic E-state index is 0.456. The van der Waals surface area contributed by atoms with Crippen LogP contribution in [0.2, 0.25) is 0 Å². The van der Waals surface area contributed by atoms with Crippen molar-refractivity contribution in [1.82, 2.24) is 0 Å². The maximum atomic E-state index is 10.3. The lowest BCUT2D eigenvalue weighted by Gasteiger charge is -2.51. The molecule has 1 nitrogen and oxygen atoms in total. The molecule has 2 saturated carbocycles. The number of phenolic OH excluding ortho intramolecular Hbond substituents is 1. The molecular formula is C23H32O. The molecule has 0 unspecified atom stereocenters. The second kappa shape index (κ2) is 5.93. The van der Waals surface area contributed by atoms with Crippen molar-refractivity contribution in [3.05, 3.63) is 34.9 Å². The Bertz CT molecular complexity index is 658. The van der Waals surface area contributed by atoms with Gasteiger partial charge in [0.25, 0.3) is 0 Å². The Labute approximate surface area is 147 Å². The fourth-order valence-corrected chi connectivity index (χ4v) is 6.72. The van der Waals surface area contributed by atoms with Gasteiger partial charge in [-0.25, -0.2) is 0 Å². The van der Waals surface area contributed by atoms with Gasteiger partial charge in [-0.1, -0.05) is 32.4 Å². The van der Waals surface area contributed by atoms with Gasteiger partial charge in [0.1, 0.15) is 5.75 Å². The summed E-state index contributed by atoms with van der Waals surface area (Å²) >= 11 is 0. The summed E-state index contributed by atoms with van der Waals surface area (Å²) in [6.07, 6.45) is 13.6. The minimum atomic E-state index is 0.456. The number of hydrogen-bond acceptors (Lipinski definition) is 1. The first-order valence-electron chi connectivity index (χ1n) is 10.1. The quantitative estimate of drug-likeness (QED) is 0.676. The molecule has 0 aliphatic heterocycles. The monoisotopic (exact) mass is 324 g/mol. The third kappa shape index (κ3) is 2.27. The third-order valence-electron chi connectivity index (χ3n) is 7.91. The van der Waals surface area contributed by atoms with Crippen LogP contribution >= 0.6 is 0 Å². The molecule has 1 aromatic rings. The Hall–Kier alpha value is -1.24. The molecule has 0 heterocycles. The Balaban J connectivity index is 1.70.